The number of ether oxygens (including phenoxy) is 2. The van der Waals surface area contributed by atoms with E-state index in [0.717, 1.165) is 29.4 Å². The third-order valence-corrected chi connectivity index (χ3v) is 2.91. The summed E-state index contributed by atoms with van der Waals surface area (Å²) in [5, 5.41) is 0. The smallest absolute Gasteiger partial charge is 0.163 e. The van der Waals surface area contributed by atoms with Crippen molar-refractivity contribution in [3.05, 3.63) is 36.4 Å². The summed E-state index contributed by atoms with van der Waals surface area (Å²) in [6, 6.07) is 5.87. The summed E-state index contributed by atoms with van der Waals surface area (Å²) in [6.07, 6.45) is 4.54. The van der Waals surface area contributed by atoms with E-state index in [1.54, 1.807) is 6.20 Å². The molecule has 0 radical (unpaired) electrons. The lowest BCUT2D eigenvalue weighted by Crippen LogP contribution is -2.06. The van der Waals surface area contributed by atoms with Crippen LogP contribution in [0, 0.1) is 0 Å². The molecule has 0 spiro atoms. The van der Waals surface area contributed by atoms with Crippen LogP contribution in [0.15, 0.2) is 30.6 Å². The fourth-order valence-corrected chi connectivity index (χ4v) is 2.02. The highest BCUT2D eigenvalue weighted by Crippen LogP contribution is 2.31. The average molecular weight is 245 g/mol. The second-order valence-electron chi connectivity index (χ2n) is 4.10. The van der Waals surface area contributed by atoms with Crippen LogP contribution in [0.4, 0.5) is 0 Å². The standard InChI is InChI=1S/C13H15N3O2/c14-9-13-15-4-5-16(13)10-2-3-11-12(8-10)18-7-1-6-17-11/h2-5,8H,1,6-7,9,14H2. The predicted octanol–water partition coefficient (Wildman–Crippen LogP) is 1.49. The number of nitrogens with two attached hydrogens (primary N) is 1. The minimum atomic E-state index is 0.404. The van der Waals surface area contributed by atoms with Crippen molar-refractivity contribution in [3.63, 3.8) is 0 Å². The maximum atomic E-state index is 5.67. The van der Waals surface area contributed by atoms with Gasteiger partial charge in [0.15, 0.2) is 11.5 Å². The van der Waals surface area contributed by atoms with Crippen LogP contribution in [0.2, 0.25) is 0 Å². The third kappa shape index (κ3) is 1.93. The molecule has 0 fully saturated rings. The van der Waals surface area contributed by atoms with Crippen LogP contribution in [0.3, 0.4) is 0 Å². The van der Waals surface area contributed by atoms with Crippen molar-refractivity contribution >= 4 is 0 Å². The van der Waals surface area contributed by atoms with Crippen molar-refractivity contribution in [1.82, 2.24) is 9.55 Å². The Hall–Kier alpha value is -2.01. The molecule has 1 aromatic heterocycles. The number of aromatic nitrogens is 2. The van der Waals surface area contributed by atoms with Crippen LogP contribution >= 0.6 is 0 Å². The van der Waals surface area contributed by atoms with E-state index in [1.807, 2.05) is 29.0 Å². The highest BCUT2D eigenvalue weighted by atomic mass is 16.5. The van der Waals surface area contributed by atoms with Gasteiger partial charge in [-0.15, -0.1) is 0 Å². The average Bonchev–Trinajstić information content (AvgIpc) is 2.76. The first-order chi connectivity index (χ1) is 8.88. The van der Waals surface area contributed by atoms with Gasteiger partial charge in [-0.25, -0.2) is 4.98 Å². The molecule has 2 aromatic rings. The minimum Gasteiger partial charge on any atom is -0.490 e. The Morgan fingerprint density at radius 1 is 1.22 bits per heavy atom. The number of hydrogen-bond acceptors (Lipinski definition) is 4. The first-order valence-electron chi connectivity index (χ1n) is 6.01. The molecule has 0 saturated heterocycles. The molecular formula is C13H15N3O2. The molecule has 0 saturated carbocycles. The monoisotopic (exact) mass is 245 g/mol. The maximum absolute atomic E-state index is 5.67. The van der Waals surface area contributed by atoms with Crippen LogP contribution in [0.1, 0.15) is 12.2 Å². The molecule has 1 aliphatic heterocycles. The molecule has 94 valence electrons. The van der Waals surface area contributed by atoms with Crippen LogP contribution < -0.4 is 15.2 Å². The Morgan fingerprint density at radius 3 is 2.89 bits per heavy atom. The lowest BCUT2D eigenvalue weighted by molar-refractivity contribution is 0.297. The van der Waals surface area contributed by atoms with E-state index in [1.165, 1.54) is 0 Å². The van der Waals surface area contributed by atoms with E-state index in [0.29, 0.717) is 19.8 Å². The highest BCUT2D eigenvalue weighted by Gasteiger charge is 2.12. The number of fused-ring (bicyclic) bond motifs is 1. The lowest BCUT2D eigenvalue weighted by Gasteiger charge is -2.11. The summed E-state index contributed by atoms with van der Waals surface area (Å²) in [7, 11) is 0. The molecule has 0 bridgehead atoms. The Morgan fingerprint density at radius 2 is 2.06 bits per heavy atom. The zero-order chi connectivity index (χ0) is 12.4. The molecule has 5 nitrogen and oxygen atoms in total. The summed E-state index contributed by atoms with van der Waals surface area (Å²) in [5.74, 6) is 2.40. The van der Waals surface area contributed by atoms with Gasteiger partial charge in [0.1, 0.15) is 5.82 Å². The van der Waals surface area contributed by atoms with E-state index < -0.39 is 0 Å². The van der Waals surface area contributed by atoms with Crippen molar-refractivity contribution < 1.29 is 9.47 Å². The SMILES string of the molecule is NCc1nccn1-c1ccc2c(c1)OCCCO2. The van der Waals surface area contributed by atoms with E-state index >= 15 is 0 Å². The highest BCUT2D eigenvalue weighted by molar-refractivity contribution is 5.49. The van der Waals surface area contributed by atoms with Gasteiger partial charge < -0.3 is 19.8 Å². The molecule has 1 aliphatic rings. The van der Waals surface area contributed by atoms with Crippen LogP contribution in [-0.2, 0) is 6.54 Å². The molecule has 2 heterocycles. The largest absolute Gasteiger partial charge is 0.490 e. The lowest BCUT2D eigenvalue weighted by atomic mass is 10.2. The van der Waals surface area contributed by atoms with Crippen molar-refractivity contribution in [3.8, 4) is 17.2 Å². The van der Waals surface area contributed by atoms with E-state index in [9.17, 15) is 0 Å². The summed E-state index contributed by atoms with van der Waals surface area (Å²) in [4.78, 5) is 4.21. The summed E-state index contributed by atoms with van der Waals surface area (Å²) >= 11 is 0. The number of rotatable bonds is 2. The molecule has 18 heavy (non-hydrogen) atoms. The van der Waals surface area contributed by atoms with Gasteiger partial charge in [0.05, 0.1) is 25.4 Å². The summed E-state index contributed by atoms with van der Waals surface area (Å²) in [5.41, 5.74) is 6.64. The second-order valence-corrected chi connectivity index (χ2v) is 4.10. The molecule has 2 N–H and O–H groups in total. The summed E-state index contributed by atoms with van der Waals surface area (Å²) < 4.78 is 13.2. The molecule has 0 atom stereocenters. The van der Waals surface area contributed by atoms with Crippen molar-refractivity contribution in [2.24, 2.45) is 5.73 Å². The van der Waals surface area contributed by atoms with Gasteiger partial charge in [0.2, 0.25) is 0 Å². The fraction of sp³-hybridized carbons (Fsp3) is 0.308. The molecular weight excluding hydrogens is 230 g/mol. The van der Waals surface area contributed by atoms with Crippen molar-refractivity contribution in [1.29, 1.82) is 0 Å². The molecule has 0 unspecified atom stereocenters. The number of nitrogens with zero attached hydrogens (tertiary/aromatic N) is 2. The van der Waals surface area contributed by atoms with Gasteiger partial charge in [-0.1, -0.05) is 0 Å². The van der Waals surface area contributed by atoms with Crippen molar-refractivity contribution in [2.45, 2.75) is 13.0 Å². The third-order valence-electron chi connectivity index (χ3n) is 2.91. The topological polar surface area (TPSA) is 62.3 Å². The molecule has 3 rings (SSSR count). The van der Waals surface area contributed by atoms with E-state index in [2.05, 4.69) is 4.98 Å². The quantitative estimate of drug-likeness (QED) is 0.870. The normalized spacial score (nSPS) is 14.3. The number of hydrogen-bond donors (Lipinski definition) is 1. The Labute approximate surface area is 105 Å². The Kier molecular flexibility index (Phi) is 2.90. The van der Waals surface area contributed by atoms with Crippen LogP contribution in [-0.4, -0.2) is 22.8 Å². The second kappa shape index (κ2) is 4.70. The van der Waals surface area contributed by atoms with Gasteiger partial charge in [-0.05, 0) is 12.1 Å². The Balaban J connectivity index is 2.01. The van der Waals surface area contributed by atoms with E-state index in [-0.39, 0.29) is 0 Å². The van der Waals surface area contributed by atoms with Crippen LogP contribution in [0.25, 0.3) is 5.69 Å². The predicted molar refractivity (Wildman–Crippen MR) is 67.1 cm³/mol. The molecule has 1 aromatic carbocycles. The molecule has 5 heteroatoms. The molecule has 0 amide bonds. The fourth-order valence-electron chi connectivity index (χ4n) is 2.02. The van der Waals surface area contributed by atoms with Gasteiger partial charge in [0.25, 0.3) is 0 Å². The zero-order valence-electron chi connectivity index (χ0n) is 10.0. The number of imidazole rings is 1. The first-order valence-corrected chi connectivity index (χ1v) is 6.01. The zero-order valence-corrected chi connectivity index (χ0v) is 10.0. The van der Waals surface area contributed by atoms with Crippen molar-refractivity contribution in [2.75, 3.05) is 13.2 Å². The Bertz CT molecular complexity index is 551. The summed E-state index contributed by atoms with van der Waals surface area (Å²) in [6.45, 7) is 1.79. The van der Waals surface area contributed by atoms with Gasteiger partial charge >= 0.3 is 0 Å². The maximum Gasteiger partial charge on any atom is 0.163 e. The van der Waals surface area contributed by atoms with Crippen LogP contribution in [0.5, 0.6) is 11.5 Å². The minimum absolute atomic E-state index is 0.404. The van der Waals surface area contributed by atoms with Gasteiger partial charge in [-0.3, -0.25) is 0 Å². The van der Waals surface area contributed by atoms with Gasteiger partial charge in [-0.2, -0.15) is 0 Å². The van der Waals surface area contributed by atoms with Gasteiger partial charge in [0, 0.05) is 24.9 Å². The number of benzene rings is 1. The van der Waals surface area contributed by atoms with E-state index in [4.69, 9.17) is 15.2 Å². The first kappa shape index (κ1) is 11.1. The molecule has 0 aliphatic carbocycles.